The van der Waals surface area contributed by atoms with Gasteiger partial charge in [0.15, 0.2) is 0 Å². The standard InChI is InChI=1S/C19H14N2O3S/c22-16-9-13(10-25-19-21-20-18(24-19)12-5-6-12)17-14-4-2-1-3-11(14)7-8-15(17)23-16/h1-4,7-9,12H,5-6,10H2. The van der Waals surface area contributed by atoms with Gasteiger partial charge in [0, 0.05) is 23.1 Å². The van der Waals surface area contributed by atoms with Crippen molar-refractivity contribution in [3.05, 3.63) is 64.3 Å². The fourth-order valence-electron chi connectivity index (χ4n) is 3.05. The molecule has 0 saturated heterocycles. The van der Waals surface area contributed by atoms with Gasteiger partial charge in [-0.25, -0.2) is 4.79 Å². The molecule has 1 saturated carbocycles. The normalized spacial score (nSPS) is 14.4. The van der Waals surface area contributed by atoms with Crippen molar-refractivity contribution in [2.45, 2.75) is 29.7 Å². The fourth-order valence-corrected chi connectivity index (χ4v) is 3.80. The lowest BCUT2D eigenvalue weighted by Crippen LogP contribution is -2.00. The van der Waals surface area contributed by atoms with Crippen molar-refractivity contribution < 1.29 is 8.83 Å². The van der Waals surface area contributed by atoms with Crippen LogP contribution in [0, 0.1) is 0 Å². The molecular weight excluding hydrogens is 336 g/mol. The fraction of sp³-hybridized carbons (Fsp3) is 0.211. The Bertz CT molecular complexity index is 1140. The lowest BCUT2D eigenvalue weighted by atomic mass is 10.0. The number of aromatic nitrogens is 2. The first-order chi connectivity index (χ1) is 12.3. The molecule has 0 atom stereocenters. The summed E-state index contributed by atoms with van der Waals surface area (Å²) in [6.07, 6.45) is 2.26. The van der Waals surface area contributed by atoms with Gasteiger partial charge in [-0.15, -0.1) is 10.2 Å². The summed E-state index contributed by atoms with van der Waals surface area (Å²) in [6, 6.07) is 13.5. The molecule has 0 N–H and O–H groups in total. The van der Waals surface area contributed by atoms with E-state index in [1.165, 1.54) is 11.8 Å². The van der Waals surface area contributed by atoms with Gasteiger partial charge in [0.25, 0.3) is 5.22 Å². The van der Waals surface area contributed by atoms with Crippen molar-refractivity contribution in [3.8, 4) is 0 Å². The third-order valence-corrected chi connectivity index (χ3v) is 5.28. The van der Waals surface area contributed by atoms with Crippen molar-refractivity contribution in [2.75, 3.05) is 0 Å². The minimum atomic E-state index is -0.345. The molecule has 5 rings (SSSR count). The highest BCUT2D eigenvalue weighted by Gasteiger charge is 2.29. The number of benzene rings is 2. The van der Waals surface area contributed by atoms with Gasteiger partial charge in [0.1, 0.15) is 5.58 Å². The van der Waals surface area contributed by atoms with E-state index < -0.39 is 0 Å². The summed E-state index contributed by atoms with van der Waals surface area (Å²) >= 11 is 1.45. The Labute approximate surface area is 147 Å². The Morgan fingerprint density at radius 2 is 1.96 bits per heavy atom. The van der Waals surface area contributed by atoms with Gasteiger partial charge in [-0.05, 0) is 35.2 Å². The molecule has 0 bridgehead atoms. The Kier molecular flexibility index (Phi) is 3.38. The van der Waals surface area contributed by atoms with Gasteiger partial charge in [0.2, 0.25) is 5.89 Å². The zero-order valence-corrected chi connectivity index (χ0v) is 14.1. The maximum absolute atomic E-state index is 11.9. The Balaban J connectivity index is 1.56. The van der Waals surface area contributed by atoms with E-state index in [1.54, 1.807) is 6.07 Å². The van der Waals surface area contributed by atoms with Gasteiger partial charge in [-0.1, -0.05) is 42.1 Å². The molecule has 0 unspecified atom stereocenters. The third-order valence-electron chi connectivity index (χ3n) is 4.41. The first-order valence-corrected chi connectivity index (χ1v) is 9.17. The molecule has 1 aliphatic carbocycles. The third kappa shape index (κ3) is 2.72. The molecule has 2 aromatic carbocycles. The molecule has 0 aliphatic heterocycles. The van der Waals surface area contributed by atoms with E-state index in [0.29, 0.717) is 22.5 Å². The molecule has 1 aliphatic rings. The molecule has 2 aromatic heterocycles. The number of nitrogens with zero attached hydrogens (tertiary/aromatic N) is 2. The molecule has 124 valence electrons. The van der Waals surface area contributed by atoms with Crippen LogP contribution in [0.1, 0.15) is 30.2 Å². The lowest BCUT2D eigenvalue weighted by molar-refractivity contribution is 0.414. The van der Waals surface area contributed by atoms with E-state index in [0.717, 1.165) is 40.5 Å². The summed E-state index contributed by atoms with van der Waals surface area (Å²) in [5, 5.41) is 11.9. The second-order valence-electron chi connectivity index (χ2n) is 6.22. The first kappa shape index (κ1) is 14.7. The molecule has 4 aromatic rings. The average Bonchev–Trinajstić information content (AvgIpc) is 3.37. The Morgan fingerprint density at radius 3 is 2.84 bits per heavy atom. The molecule has 2 heterocycles. The van der Waals surface area contributed by atoms with Gasteiger partial charge >= 0.3 is 5.63 Å². The van der Waals surface area contributed by atoms with E-state index >= 15 is 0 Å². The quantitative estimate of drug-likeness (QED) is 0.307. The van der Waals surface area contributed by atoms with Crippen LogP contribution in [0.25, 0.3) is 21.7 Å². The minimum absolute atomic E-state index is 0.345. The van der Waals surface area contributed by atoms with Crippen molar-refractivity contribution in [1.29, 1.82) is 0 Å². The van der Waals surface area contributed by atoms with Crippen molar-refractivity contribution in [3.63, 3.8) is 0 Å². The zero-order valence-electron chi connectivity index (χ0n) is 13.3. The molecule has 0 radical (unpaired) electrons. The Morgan fingerprint density at radius 1 is 1.08 bits per heavy atom. The van der Waals surface area contributed by atoms with Crippen LogP contribution in [-0.4, -0.2) is 10.2 Å². The molecule has 0 amide bonds. The number of fused-ring (bicyclic) bond motifs is 3. The predicted molar refractivity (Wildman–Crippen MR) is 95.8 cm³/mol. The highest BCUT2D eigenvalue weighted by atomic mass is 32.2. The number of hydrogen-bond donors (Lipinski definition) is 0. The van der Waals surface area contributed by atoms with E-state index in [9.17, 15) is 4.79 Å². The van der Waals surface area contributed by atoms with Crippen LogP contribution < -0.4 is 5.63 Å². The van der Waals surface area contributed by atoms with Gasteiger partial charge in [-0.3, -0.25) is 0 Å². The summed E-state index contributed by atoms with van der Waals surface area (Å²) in [4.78, 5) is 11.9. The van der Waals surface area contributed by atoms with E-state index in [-0.39, 0.29) is 5.63 Å². The van der Waals surface area contributed by atoms with E-state index in [2.05, 4.69) is 16.3 Å². The second-order valence-corrected chi connectivity index (χ2v) is 7.15. The molecule has 6 heteroatoms. The van der Waals surface area contributed by atoms with Crippen LogP contribution in [0.3, 0.4) is 0 Å². The van der Waals surface area contributed by atoms with Crippen LogP contribution in [-0.2, 0) is 5.75 Å². The maximum Gasteiger partial charge on any atom is 0.336 e. The SMILES string of the molecule is O=c1cc(CSc2nnc(C3CC3)o2)c2c(ccc3ccccc32)o1. The summed E-state index contributed by atoms with van der Waals surface area (Å²) in [6.45, 7) is 0. The molecule has 1 fully saturated rings. The van der Waals surface area contributed by atoms with E-state index in [4.69, 9.17) is 8.83 Å². The van der Waals surface area contributed by atoms with Crippen molar-refractivity contribution in [2.24, 2.45) is 0 Å². The molecular formula is C19H14N2O3S. The minimum Gasteiger partial charge on any atom is -0.423 e. The van der Waals surface area contributed by atoms with Crippen LogP contribution in [0.2, 0.25) is 0 Å². The summed E-state index contributed by atoms with van der Waals surface area (Å²) in [5.74, 6) is 1.74. The average molecular weight is 350 g/mol. The second kappa shape index (κ2) is 5.74. The van der Waals surface area contributed by atoms with Crippen molar-refractivity contribution in [1.82, 2.24) is 10.2 Å². The highest BCUT2D eigenvalue weighted by molar-refractivity contribution is 7.98. The Hall–Kier alpha value is -2.60. The number of rotatable bonds is 4. The smallest absolute Gasteiger partial charge is 0.336 e. The topological polar surface area (TPSA) is 69.1 Å². The first-order valence-electron chi connectivity index (χ1n) is 8.18. The van der Waals surface area contributed by atoms with Crippen LogP contribution in [0.15, 0.2) is 61.3 Å². The summed E-state index contributed by atoms with van der Waals surface area (Å²) in [5.41, 5.74) is 1.17. The largest absolute Gasteiger partial charge is 0.423 e. The van der Waals surface area contributed by atoms with Crippen LogP contribution >= 0.6 is 11.8 Å². The van der Waals surface area contributed by atoms with Crippen molar-refractivity contribution >= 4 is 33.5 Å². The maximum atomic E-state index is 11.9. The highest BCUT2D eigenvalue weighted by Crippen LogP contribution is 2.40. The van der Waals surface area contributed by atoms with Gasteiger partial charge < -0.3 is 8.83 Å². The number of hydrogen-bond acceptors (Lipinski definition) is 6. The lowest BCUT2D eigenvalue weighted by Gasteiger charge is -2.07. The van der Waals surface area contributed by atoms with Gasteiger partial charge in [-0.2, -0.15) is 0 Å². The van der Waals surface area contributed by atoms with Crippen LogP contribution in [0.4, 0.5) is 0 Å². The summed E-state index contributed by atoms with van der Waals surface area (Å²) in [7, 11) is 0. The van der Waals surface area contributed by atoms with Gasteiger partial charge in [0.05, 0.1) is 0 Å². The molecule has 25 heavy (non-hydrogen) atoms. The zero-order chi connectivity index (χ0) is 16.8. The summed E-state index contributed by atoms with van der Waals surface area (Å²) < 4.78 is 11.1. The predicted octanol–water partition coefficient (Wildman–Crippen LogP) is 4.50. The van der Waals surface area contributed by atoms with E-state index in [1.807, 2.05) is 30.3 Å². The number of thioether (sulfide) groups is 1. The van der Waals surface area contributed by atoms with Crippen LogP contribution in [0.5, 0.6) is 0 Å². The molecule has 5 nitrogen and oxygen atoms in total. The monoisotopic (exact) mass is 350 g/mol. The molecule has 0 spiro atoms.